The molecule has 4 nitrogen and oxygen atoms in total. The van der Waals surface area contributed by atoms with Gasteiger partial charge in [-0.1, -0.05) is 0 Å². The maximum absolute atomic E-state index is 5.16. The summed E-state index contributed by atoms with van der Waals surface area (Å²) >= 11 is 0. The third-order valence-corrected chi connectivity index (χ3v) is 1.21. The van der Waals surface area contributed by atoms with Crippen LogP contribution in [-0.2, 0) is 4.74 Å². The van der Waals surface area contributed by atoms with Crippen LogP contribution in [0.4, 0.5) is 0 Å². The van der Waals surface area contributed by atoms with Crippen LogP contribution in [0.5, 0.6) is 6.01 Å². The zero-order chi connectivity index (χ0) is 8.65. The number of aromatic nitrogens is 2. The van der Waals surface area contributed by atoms with Gasteiger partial charge in [0.2, 0.25) is 0 Å². The molecule has 0 bridgehead atoms. The highest BCUT2D eigenvalue weighted by atomic mass is 16.5. The molecule has 0 fully saturated rings. The van der Waals surface area contributed by atoms with Gasteiger partial charge in [0, 0.05) is 19.0 Å². The fraction of sp³-hybridized carbons (Fsp3) is 0.500. The molecule has 0 atom stereocenters. The monoisotopic (exact) mass is 168 g/mol. The predicted molar refractivity (Wildman–Crippen MR) is 44.0 cm³/mol. The summed E-state index contributed by atoms with van der Waals surface area (Å²) in [4.78, 5) is 7.77. The van der Waals surface area contributed by atoms with Crippen molar-refractivity contribution >= 4 is 0 Å². The molecule has 0 aliphatic rings. The van der Waals surface area contributed by atoms with Gasteiger partial charge in [-0.05, 0) is 13.0 Å². The molecule has 0 saturated carbocycles. The fourth-order valence-electron chi connectivity index (χ4n) is 0.696. The third-order valence-electron chi connectivity index (χ3n) is 1.21. The van der Waals surface area contributed by atoms with Crippen LogP contribution in [0.25, 0.3) is 0 Å². The normalized spacial score (nSPS) is 9.75. The number of hydrogen-bond donors (Lipinski definition) is 0. The van der Waals surface area contributed by atoms with E-state index in [1.165, 1.54) is 0 Å². The second kappa shape index (κ2) is 5.49. The van der Waals surface area contributed by atoms with Gasteiger partial charge in [0.1, 0.15) is 6.61 Å². The molecule has 1 rings (SSSR count). The van der Waals surface area contributed by atoms with Crippen molar-refractivity contribution in [1.82, 2.24) is 9.97 Å². The van der Waals surface area contributed by atoms with Crippen LogP contribution in [-0.4, -0.2) is 29.8 Å². The first kappa shape index (κ1) is 8.93. The van der Waals surface area contributed by atoms with Crippen LogP contribution in [0.15, 0.2) is 18.5 Å². The second-order valence-corrected chi connectivity index (χ2v) is 2.08. The molecule has 0 amide bonds. The van der Waals surface area contributed by atoms with Gasteiger partial charge in [-0.25, -0.2) is 9.97 Å². The van der Waals surface area contributed by atoms with Crippen molar-refractivity contribution in [2.45, 2.75) is 6.92 Å². The quantitative estimate of drug-likeness (QED) is 0.612. The van der Waals surface area contributed by atoms with Crippen LogP contribution in [0.2, 0.25) is 0 Å². The van der Waals surface area contributed by atoms with Gasteiger partial charge in [0.25, 0.3) is 0 Å². The fourth-order valence-corrected chi connectivity index (χ4v) is 0.696. The van der Waals surface area contributed by atoms with Crippen molar-refractivity contribution in [3.05, 3.63) is 18.5 Å². The first-order valence-corrected chi connectivity index (χ1v) is 3.91. The van der Waals surface area contributed by atoms with Gasteiger partial charge in [0.15, 0.2) is 0 Å². The van der Waals surface area contributed by atoms with Gasteiger partial charge in [-0.15, -0.1) is 0 Å². The number of ether oxygens (including phenoxy) is 2. The Morgan fingerprint density at radius 1 is 1.25 bits per heavy atom. The lowest BCUT2D eigenvalue weighted by molar-refractivity contribution is 0.106. The average molecular weight is 168 g/mol. The zero-order valence-corrected chi connectivity index (χ0v) is 7.06. The molecule has 12 heavy (non-hydrogen) atoms. The van der Waals surface area contributed by atoms with Crippen LogP contribution in [0.3, 0.4) is 0 Å². The van der Waals surface area contributed by atoms with E-state index in [0.29, 0.717) is 25.8 Å². The molecular formula is C8H12N2O2. The van der Waals surface area contributed by atoms with Crippen LogP contribution in [0.1, 0.15) is 6.92 Å². The molecule has 0 radical (unpaired) electrons. The molecule has 0 spiro atoms. The Kier molecular flexibility index (Phi) is 4.08. The minimum Gasteiger partial charge on any atom is -0.461 e. The summed E-state index contributed by atoms with van der Waals surface area (Å²) in [6.07, 6.45) is 3.28. The predicted octanol–water partition coefficient (Wildman–Crippen LogP) is 0.892. The first-order chi connectivity index (χ1) is 5.93. The molecule has 0 aromatic carbocycles. The highest BCUT2D eigenvalue weighted by Gasteiger charge is 1.92. The van der Waals surface area contributed by atoms with E-state index in [-0.39, 0.29) is 0 Å². The Morgan fingerprint density at radius 3 is 2.67 bits per heavy atom. The Hall–Kier alpha value is -1.16. The van der Waals surface area contributed by atoms with Gasteiger partial charge in [0.05, 0.1) is 6.61 Å². The number of nitrogens with zero attached hydrogens (tertiary/aromatic N) is 2. The molecule has 1 aromatic heterocycles. The summed E-state index contributed by atoms with van der Waals surface area (Å²) in [5.41, 5.74) is 0. The first-order valence-electron chi connectivity index (χ1n) is 3.91. The van der Waals surface area contributed by atoms with E-state index in [4.69, 9.17) is 9.47 Å². The molecule has 1 heterocycles. The highest BCUT2D eigenvalue weighted by Crippen LogP contribution is 1.96. The SMILES string of the molecule is CCOCCOc1ncccn1. The lowest BCUT2D eigenvalue weighted by Crippen LogP contribution is -2.07. The maximum Gasteiger partial charge on any atom is 0.316 e. The van der Waals surface area contributed by atoms with E-state index < -0.39 is 0 Å². The summed E-state index contributed by atoms with van der Waals surface area (Å²) in [5, 5.41) is 0. The second-order valence-electron chi connectivity index (χ2n) is 2.08. The summed E-state index contributed by atoms with van der Waals surface area (Å²) in [7, 11) is 0. The summed E-state index contributed by atoms with van der Waals surface area (Å²) < 4.78 is 10.2. The van der Waals surface area contributed by atoms with Crippen LogP contribution >= 0.6 is 0 Å². The smallest absolute Gasteiger partial charge is 0.316 e. The minimum atomic E-state index is 0.400. The number of hydrogen-bond acceptors (Lipinski definition) is 4. The van der Waals surface area contributed by atoms with Crippen molar-refractivity contribution in [2.24, 2.45) is 0 Å². The van der Waals surface area contributed by atoms with E-state index in [1.54, 1.807) is 18.5 Å². The average Bonchev–Trinajstić information content (AvgIpc) is 2.14. The van der Waals surface area contributed by atoms with Crippen molar-refractivity contribution in [3.63, 3.8) is 0 Å². The van der Waals surface area contributed by atoms with Gasteiger partial charge in [-0.3, -0.25) is 0 Å². The van der Waals surface area contributed by atoms with Gasteiger partial charge >= 0.3 is 6.01 Å². The Labute approximate surface area is 71.6 Å². The van der Waals surface area contributed by atoms with E-state index in [1.807, 2.05) is 6.92 Å². The maximum atomic E-state index is 5.16. The third kappa shape index (κ3) is 3.30. The van der Waals surface area contributed by atoms with E-state index in [2.05, 4.69) is 9.97 Å². The zero-order valence-electron chi connectivity index (χ0n) is 7.06. The lowest BCUT2D eigenvalue weighted by Gasteiger charge is -2.02. The molecule has 4 heteroatoms. The van der Waals surface area contributed by atoms with Gasteiger partial charge in [-0.2, -0.15) is 0 Å². The van der Waals surface area contributed by atoms with E-state index >= 15 is 0 Å². The molecular weight excluding hydrogens is 156 g/mol. The summed E-state index contributed by atoms with van der Waals surface area (Å²) in [6.45, 7) is 3.73. The van der Waals surface area contributed by atoms with E-state index in [0.717, 1.165) is 0 Å². The Morgan fingerprint density at radius 2 is 2.00 bits per heavy atom. The molecule has 0 aliphatic heterocycles. The molecule has 1 aromatic rings. The van der Waals surface area contributed by atoms with Crippen molar-refractivity contribution < 1.29 is 9.47 Å². The summed E-state index contributed by atoms with van der Waals surface area (Å²) in [5.74, 6) is 0. The molecule has 0 N–H and O–H groups in total. The number of rotatable bonds is 5. The lowest BCUT2D eigenvalue weighted by atomic mass is 10.7. The van der Waals surface area contributed by atoms with Crippen molar-refractivity contribution in [2.75, 3.05) is 19.8 Å². The van der Waals surface area contributed by atoms with Crippen molar-refractivity contribution in [3.8, 4) is 6.01 Å². The van der Waals surface area contributed by atoms with Gasteiger partial charge < -0.3 is 9.47 Å². The Balaban J connectivity index is 2.16. The Bertz CT molecular complexity index is 203. The van der Waals surface area contributed by atoms with Crippen molar-refractivity contribution in [1.29, 1.82) is 0 Å². The largest absolute Gasteiger partial charge is 0.461 e. The molecule has 0 unspecified atom stereocenters. The van der Waals surface area contributed by atoms with Crippen LogP contribution < -0.4 is 4.74 Å². The van der Waals surface area contributed by atoms with E-state index in [9.17, 15) is 0 Å². The standard InChI is InChI=1S/C8H12N2O2/c1-2-11-6-7-12-8-9-4-3-5-10-8/h3-5H,2,6-7H2,1H3. The molecule has 0 saturated heterocycles. The minimum absolute atomic E-state index is 0.400. The topological polar surface area (TPSA) is 44.2 Å². The molecule has 0 aliphatic carbocycles. The van der Waals surface area contributed by atoms with Crippen LogP contribution in [0, 0.1) is 0 Å². The molecule has 66 valence electrons. The highest BCUT2D eigenvalue weighted by molar-refractivity contribution is 4.92. The summed E-state index contributed by atoms with van der Waals surface area (Å²) in [6, 6.07) is 2.15.